The van der Waals surface area contributed by atoms with Crippen molar-refractivity contribution in [2.75, 3.05) is 26.2 Å². The van der Waals surface area contributed by atoms with Crippen LogP contribution in [0.2, 0.25) is 0 Å². The number of amides is 2. The minimum atomic E-state index is 0.164. The highest BCUT2D eigenvalue weighted by Gasteiger charge is 2.37. The second kappa shape index (κ2) is 8.28. The molecular weight excluding hydrogens is 326 g/mol. The minimum Gasteiger partial charge on any atom is -0.353 e. The van der Waals surface area contributed by atoms with Crippen molar-refractivity contribution in [1.82, 2.24) is 15.1 Å². The lowest BCUT2D eigenvalue weighted by Crippen LogP contribution is -2.52. The molecule has 146 valence electrons. The molecule has 26 heavy (non-hydrogen) atoms. The van der Waals surface area contributed by atoms with Gasteiger partial charge in [-0.05, 0) is 57.9 Å². The number of rotatable bonds is 4. The van der Waals surface area contributed by atoms with Gasteiger partial charge in [0.25, 0.3) is 0 Å². The molecule has 1 N–H and O–H groups in total. The van der Waals surface area contributed by atoms with E-state index in [-0.39, 0.29) is 5.92 Å². The molecule has 2 aliphatic heterocycles. The molecule has 5 heteroatoms. The van der Waals surface area contributed by atoms with Crippen LogP contribution in [-0.2, 0) is 9.59 Å². The molecule has 4 fully saturated rings. The van der Waals surface area contributed by atoms with Gasteiger partial charge in [0.05, 0.1) is 5.92 Å². The molecule has 4 aliphatic rings. The summed E-state index contributed by atoms with van der Waals surface area (Å²) in [6, 6.07) is 0.979. The highest BCUT2D eigenvalue weighted by atomic mass is 16.2. The van der Waals surface area contributed by atoms with Gasteiger partial charge in [-0.25, -0.2) is 0 Å². The Kier molecular flexibility index (Phi) is 5.82. The Hall–Kier alpha value is -1.10. The molecule has 0 aromatic rings. The zero-order chi connectivity index (χ0) is 17.9. The number of hydrogen-bond donors (Lipinski definition) is 1. The van der Waals surface area contributed by atoms with Crippen molar-refractivity contribution in [2.45, 2.75) is 82.7 Å². The molecule has 0 aromatic carbocycles. The Labute approximate surface area is 157 Å². The largest absolute Gasteiger partial charge is 0.353 e. The number of carbonyl (C=O) groups is 2. The van der Waals surface area contributed by atoms with Crippen LogP contribution in [0.3, 0.4) is 0 Å². The van der Waals surface area contributed by atoms with E-state index in [1.54, 1.807) is 0 Å². The van der Waals surface area contributed by atoms with E-state index in [2.05, 4.69) is 15.1 Å². The zero-order valence-corrected chi connectivity index (χ0v) is 16.1. The zero-order valence-electron chi connectivity index (χ0n) is 16.1. The van der Waals surface area contributed by atoms with E-state index < -0.39 is 0 Å². The highest BCUT2D eigenvalue weighted by molar-refractivity contribution is 5.81. The highest BCUT2D eigenvalue weighted by Crippen LogP contribution is 2.32. The van der Waals surface area contributed by atoms with Gasteiger partial charge in [-0.15, -0.1) is 0 Å². The van der Waals surface area contributed by atoms with Gasteiger partial charge in [-0.1, -0.05) is 19.3 Å². The third kappa shape index (κ3) is 4.41. The molecule has 0 spiro atoms. The fourth-order valence-corrected chi connectivity index (χ4v) is 5.16. The number of nitrogens with one attached hydrogen (secondary N) is 1. The molecule has 2 saturated heterocycles. The standard InChI is InChI=1S/C21H35N3O2/c25-20(22-18-6-2-1-3-7-18)17-5-4-12-24(15-17)19-10-13-23(14-11-19)21(26)16-8-9-16/h16-19H,1-15H2,(H,22,25)/t17-/m1/s1. The van der Waals surface area contributed by atoms with Crippen molar-refractivity contribution in [3.63, 3.8) is 0 Å². The summed E-state index contributed by atoms with van der Waals surface area (Å²) in [5.41, 5.74) is 0. The predicted molar refractivity (Wildman–Crippen MR) is 102 cm³/mol. The number of likely N-dealkylation sites (tertiary alicyclic amines) is 2. The van der Waals surface area contributed by atoms with E-state index in [1.165, 1.54) is 19.3 Å². The lowest BCUT2D eigenvalue weighted by molar-refractivity contribution is -0.134. The molecular formula is C21H35N3O2. The summed E-state index contributed by atoms with van der Waals surface area (Å²) in [5, 5.41) is 3.33. The maximum atomic E-state index is 12.7. The Morgan fingerprint density at radius 3 is 2.15 bits per heavy atom. The summed E-state index contributed by atoms with van der Waals surface area (Å²) in [6.45, 7) is 3.86. The smallest absolute Gasteiger partial charge is 0.225 e. The maximum absolute atomic E-state index is 12.7. The van der Waals surface area contributed by atoms with Crippen molar-refractivity contribution in [3.8, 4) is 0 Å². The topological polar surface area (TPSA) is 52.7 Å². The SMILES string of the molecule is O=C(NC1CCCCC1)[C@@H]1CCCN(C2CCN(C(=O)C3CC3)CC2)C1. The number of hydrogen-bond acceptors (Lipinski definition) is 3. The summed E-state index contributed by atoms with van der Waals surface area (Å²) in [7, 11) is 0. The Morgan fingerprint density at radius 1 is 0.731 bits per heavy atom. The van der Waals surface area contributed by atoms with Crippen LogP contribution in [-0.4, -0.2) is 59.9 Å². The first-order chi connectivity index (χ1) is 12.7. The third-order valence-corrected chi connectivity index (χ3v) is 6.99. The van der Waals surface area contributed by atoms with Gasteiger partial charge in [0.2, 0.25) is 11.8 Å². The lowest BCUT2D eigenvalue weighted by Gasteiger charge is -2.42. The predicted octanol–water partition coefficient (Wildman–Crippen LogP) is 2.55. The Bertz CT molecular complexity index is 505. The van der Waals surface area contributed by atoms with Crippen LogP contribution in [0.25, 0.3) is 0 Å². The van der Waals surface area contributed by atoms with Gasteiger partial charge < -0.3 is 10.2 Å². The van der Waals surface area contributed by atoms with E-state index in [4.69, 9.17) is 0 Å². The Morgan fingerprint density at radius 2 is 1.46 bits per heavy atom. The normalized spacial score (nSPS) is 29.5. The van der Waals surface area contributed by atoms with E-state index in [0.717, 1.165) is 77.5 Å². The van der Waals surface area contributed by atoms with Gasteiger partial charge in [0.1, 0.15) is 0 Å². The van der Waals surface area contributed by atoms with Crippen LogP contribution in [0.5, 0.6) is 0 Å². The van der Waals surface area contributed by atoms with Gasteiger partial charge in [-0.3, -0.25) is 14.5 Å². The van der Waals surface area contributed by atoms with Gasteiger partial charge >= 0.3 is 0 Å². The number of nitrogens with zero attached hydrogens (tertiary/aromatic N) is 2. The summed E-state index contributed by atoms with van der Waals surface area (Å²) in [5.74, 6) is 1.20. The van der Waals surface area contributed by atoms with Crippen molar-refractivity contribution < 1.29 is 9.59 Å². The quantitative estimate of drug-likeness (QED) is 0.837. The van der Waals surface area contributed by atoms with Crippen molar-refractivity contribution in [3.05, 3.63) is 0 Å². The first-order valence-corrected chi connectivity index (χ1v) is 11.0. The third-order valence-electron chi connectivity index (χ3n) is 6.99. The van der Waals surface area contributed by atoms with Crippen LogP contribution in [0.15, 0.2) is 0 Å². The molecule has 0 bridgehead atoms. The minimum absolute atomic E-state index is 0.164. The summed E-state index contributed by atoms with van der Waals surface area (Å²) < 4.78 is 0. The second-order valence-corrected chi connectivity index (χ2v) is 9.01. The van der Waals surface area contributed by atoms with E-state index >= 15 is 0 Å². The number of carbonyl (C=O) groups excluding carboxylic acids is 2. The molecule has 2 heterocycles. The summed E-state index contributed by atoms with van der Waals surface area (Å²) >= 11 is 0. The van der Waals surface area contributed by atoms with Gasteiger partial charge in [0, 0.05) is 37.6 Å². The second-order valence-electron chi connectivity index (χ2n) is 9.01. The number of piperidine rings is 2. The lowest BCUT2D eigenvalue weighted by atomic mass is 9.91. The molecule has 0 radical (unpaired) electrons. The first kappa shape index (κ1) is 18.3. The van der Waals surface area contributed by atoms with E-state index in [0.29, 0.717) is 29.8 Å². The van der Waals surface area contributed by atoms with Gasteiger partial charge in [0.15, 0.2) is 0 Å². The fourth-order valence-electron chi connectivity index (χ4n) is 5.16. The van der Waals surface area contributed by atoms with Crippen molar-refractivity contribution in [2.24, 2.45) is 11.8 Å². The molecule has 4 rings (SSSR count). The average molecular weight is 362 g/mol. The van der Waals surface area contributed by atoms with Crippen LogP contribution in [0.4, 0.5) is 0 Å². The monoisotopic (exact) mass is 361 g/mol. The molecule has 1 atom stereocenters. The molecule has 0 aromatic heterocycles. The Balaban J connectivity index is 1.24. The molecule has 2 aliphatic carbocycles. The maximum Gasteiger partial charge on any atom is 0.225 e. The molecule has 0 unspecified atom stereocenters. The summed E-state index contributed by atoms with van der Waals surface area (Å²) in [6.07, 6.45) is 12.7. The van der Waals surface area contributed by atoms with Crippen LogP contribution in [0, 0.1) is 11.8 Å². The van der Waals surface area contributed by atoms with E-state index in [9.17, 15) is 9.59 Å². The first-order valence-electron chi connectivity index (χ1n) is 11.0. The fraction of sp³-hybridized carbons (Fsp3) is 0.905. The summed E-state index contributed by atoms with van der Waals surface area (Å²) in [4.78, 5) is 29.6. The molecule has 5 nitrogen and oxygen atoms in total. The van der Waals surface area contributed by atoms with Crippen molar-refractivity contribution >= 4 is 11.8 Å². The van der Waals surface area contributed by atoms with Crippen LogP contribution < -0.4 is 5.32 Å². The van der Waals surface area contributed by atoms with Crippen LogP contribution >= 0.6 is 0 Å². The van der Waals surface area contributed by atoms with Gasteiger partial charge in [-0.2, -0.15) is 0 Å². The average Bonchev–Trinajstić information content (AvgIpc) is 3.54. The van der Waals surface area contributed by atoms with E-state index in [1.807, 2.05) is 0 Å². The van der Waals surface area contributed by atoms with Crippen LogP contribution in [0.1, 0.15) is 70.6 Å². The molecule has 2 saturated carbocycles. The van der Waals surface area contributed by atoms with Crippen molar-refractivity contribution in [1.29, 1.82) is 0 Å². The molecule has 2 amide bonds.